The Morgan fingerprint density at radius 3 is 2.44 bits per heavy atom. The van der Waals surface area contributed by atoms with E-state index in [0.717, 1.165) is 18.8 Å². The number of rotatable bonds is 1. The third kappa shape index (κ3) is 2.28. The van der Waals surface area contributed by atoms with E-state index in [4.69, 9.17) is 0 Å². The Hall–Kier alpha value is -2.09. The van der Waals surface area contributed by atoms with Gasteiger partial charge in [0.2, 0.25) is 0 Å². The van der Waals surface area contributed by atoms with Gasteiger partial charge in [-0.15, -0.1) is 0 Å². The molecule has 2 nitrogen and oxygen atoms in total. The van der Waals surface area contributed by atoms with Gasteiger partial charge in [0.1, 0.15) is 0 Å². The fourth-order valence-electron chi connectivity index (χ4n) is 2.13. The van der Waals surface area contributed by atoms with Gasteiger partial charge in [-0.2, -0.15) is 0 Å². The Bertz CT molecular complexity index is 544. The van der Waals surface area contributed by atoms with Crippen LogP contribution in [0.4, 0.5) is 5.69 Å². The maximum absolute atomic E-state index is 4.69. The number of nitrogens with one attached hydrogen (secondary N) is 1. The quantitative estimate of drug-likeness (QED) is 0.806. The van der Waals surface area contributed by atoms with E-state index < -0.39 is 0 Å². The van der Waals surface area contributed by atoms with Gasteiger partial charge in [0.05, 0.1) is 12.3 Å². The third-order valence-corrected chi connectivity index (χ3v) is 2.93. The first-order valence-corrected chi connectivity index (χ1v) is 5.88. The monoisotopic (exact) mass is 238 g/mol. The van der Waals surface area contributed by atoms with Crippen LogP contribution in [0.2, 0.25) is 0 Å². The summed E-state index contributed by atoms with van der Waals surface area (Å²) < 4.78 is 0. The fraction of sp³-hybridized carbons (Fsp3) is 0.188. The summed E-state index contributed by atoms with van der Waals surface area (Å²) in [4.78, 5) is 4.69. The van der Waals surface area contributed by atoms with Crippen LogP contribution >= 0.6 is 0 Å². The molecule has 0 saturated heterocycles. The molecule has 0 aliphatic carbocycles. The third-order valence-electron chi connectivity index (χ3n) is 2.93. The second-order valence-electron chi connectivity index (χ2n) is 4.07. The molecule has 2 aromatic rings. The zero-order valence-electron chi connectivity index (χ0n) is 9.56. The van der Waals surface area contributed by atoms with Crippen LogP contribution < -0.4 is 5.32 Å². The van der Waals surface area contributed by atoms with Crippen LogP contribution in [0.15, 0.2) is 59.6 Å². The smallest absolute Gasteiger partial charge is 0.0740 e. The molecule has 3 rings (SSSR count). The lowest BCUT2D eigenvalue weighted by molar-refractivity contribution is 1.04. The molecule has 1 heterocycles. The van der Waals surface area contributed by atoms with E-state index in [1.807, 2.05) is 6.07 Å². The zero-order chi connectivity index (χ0) is 11.5. The van der Waals surface area contributed by atoms with Gasteiger partial charge < -0.3 is 5.32 Å². The summed E-state index contributed by atoms with van der Waals surface area (Å²) >= 11 is 0. The number of nitrogens with zero attached hydrogens (tertiary/aromatic N) is 1. The van der Waals surface area contributed by atoms with E-state index in [1.54, 1.807) is 0 Å². The van der Waals surface area contributed by atoms with Gasteiger partial charge in [-0.1, -0.05) is 56.0 Å². The average molecular weight is 238 g/mol. The molecule has 92 valence electrons. The highest BCUT2D eigenvalue weighted by Crippen LogP contribution is 2.21. The van der Waals surface area contributed by atoms with E-state index in [1.165, 1.54) is 16.8 Å². The molecule has 0 bridgehead atoms. The van der Waals surface area contributed by atoms with E-state index in [9.17, 15) is 0 Å². The summed E-state index contributed by atoms with van der Waals surface area (Å²) in [5.41, 5.74) is 4.64. The van der Waals surface area contributed by atoms with E-state index in [2.05, 4.69) is 58.8 Å². The largest absolute Gasteiger partial charge is 0.383 e. The summed E-state index contributed by atoms with van der Waals surface area (Å²) in [6.45, 7) is 1.71. The van der Waals surface area contributed by atoms with Crippen molar-refractivity contribution in [3.05, 3.63) is 65.7 Å². The van der Waals surface area contributed by atoms with Gasteiger partial charge >= 0.3 is 0 Å². The van der Waals surface area contributed by atoms with Crippen LogP contribution in [0.5, 0.6) is 0 Å². The van der Waals surface area contributed by atoms with Crippen molar-refractivity contribution >= 4 is 11.4 Å². The summed E-state index contributed by atoms with van der Waals surface area (Å²) in [7, 11) is 0. The van der Waals surface area contributed by atoms with Crippen molar-refractivity contribution < 1.29 is 0 Å². The lowest BCUT2D eigenvalue weighted by atomic mass is 10.0. The summed E-state index contributed by atoms with van der Waals surface area (Å²) in [5.74, 6) is 0. The predicted molar refractivity (Wildman–Crippen MR) is 78.6 cm³/mol. The fourth-order valence-corrected chi connectivity index (χ4v) is 2.13. The molecule has 0 atom stereocenters. The van der Waals surface area contributed by atoms with Crippen molar-refractivity contribution in [3.63, 3.8) is 0 Å². The summed E-state index contributed by atoms with van der Waals surface area (Å²) in [6.07, 6.45) is 0. The number of hydrogen-bond acceptors (Lipinski definition) is 2. The first-order chi connectivity index (χ1) is 8.45. The summed E-state index contributed by atoms with van der Waals surface area (Å²) in [5, 5.41) is 3.41. The lowest BCUT2D eigenvalue weighted by Gasteiger charge is -2.09. The lowest BCUT2D eigenvalue weighted by Crippen LogP contribution is -2.04. The van der Waals surface area contributed by atoms with Crippen LogP contribution in [0.1, 0.15) is 18.6 Å². The van der Waals surface area contributed by atoms with Gasteiger partial charge in [-0.25, -0.2) is 0 Å². The number of fused-ring (bicyclic) bond motifs is 1. The molecule has 0 aromatic heterocycles. The Balaban J connectivity index is 0.00000120. The zero-order valence-corrected chi connectivity index (χ0v) is 9.56. The minimum absolute atomic E-state index is 0. The van der Waals surface area contributed by atoms with Gasteiger partial charge in [0.25, 0.3) is 0 Å². The molecule has 0 spiro atoms. The first kappa shape index (κ1) is 12.4. The molecule has 0 fully saturated rings. The van der Waals surface area contributed by atoms with Crippen molar-refractivity contribution in [2.24, 2.45) is 4.99 Å². The minimum Gasteiger partial charge on any atom is -0.383 e. The second kappa shape index (κ2) is 5.50. The number of hydrogen-bond donors (Lipinski definition) is 1. The SMILES string of the molecule is C.c1ccc(C2=NCCNc3ccccc32)cc1. The van der Waals surface area contributed by atoms with Crippen molar-refractivity contribution in [3.8, 4) is 0 Å². The van der Waals surface area contributed by atoms with Gasteiger partial charge in [-0.3, -0.25) is 4.99 Å². The highest BCUT2D eigenvalue weighted by molar-refractivity contribution is 6.16. The Labute approximate surface area is 108 Å². The van der Waals surface area contributed by atoms with Crippen LogP contribution in [0, 0.1) is 0 Å². The maximum atomic E-state index is 4.69. The standard InChI is InChI=1S/C15H14N2.CH4/c1-2-6-12(7-3-1)15-13-8-4-5-9-14(13)16-10-11-17-15;/h1-9,16H,10-11H2;1H4. The van der Waals surface area contributed by atoms with Crippen molar-refractivity contribution in [2.45, 2.75) is 7.43 Å². The molecule has 0 saturated carbocycles. The molecular formula is C16H18N2. The van der Waals surface area contributed by atoms with Crippen LogP contribution in [-0.4, -0.2) is 18.8 Å². The van der Waals surface area contributed by atoms with E-state index in [0.29, 0.717) is 0 Å². The van der Waals surface area contributed by atoms with Crippen molar-refractivity contribution in [1.29, 1.82) is 0 Å². The second-order valence-corrected chi connectivity index (χ2v) is 4.07. The van der Waals surface area contributed by atoms with Crippen LogP contribution in [-0.2, 0) is 0 Å². The Kier molecular flexibility index (Phi) is 3.78. The number of aliphatic imine (C=N–C) groups is 1. The predicted octanol–water partition coefficient (Wildman–Crippen LogP) is 3.59. The first-order valence-electron chi connectivity index (χ1n) is 5.88. The topological polar surface area (TPSA) is 24.4 Å². The molecule has 0 unspecified atom stereocenters. The molecule has 2 heteroatoms. The number of benzene rings is 2. The highest BCUT2D eigenvalue weighted by Gasteiger charge is 2.12. The van der Waals surface area contributed by atoms with Crippen molar-refractivity contribution in [1.82, 2.24) is 0 Å². The van der Waals surface area contributed by atoms with E-state index in [-0.39, 0.29) is 7.43 Å². The Morgan fingerprint density at radius 1 is 0.889 bits per heavy atom. The highest BCUT2D eigenvalue weighted by atomic mass is 14.9. The molecule has 1 aliphatic heterocycles. The maximum Gasteiger partial charge on any atom is 0.0740 e. The Morgan fingerprint density at radius 2 is 1.61 bits per heavy atom. The molecular weight excluding hydrogens is 220 g/mol. The number of benzodiazepines with no additional fused rings is 1. The number of anilines is 1. The molecule has 18 heavy (non-hydrogen) atoms. The minimum atomic E-state index is 0. The average Bonchev–Trinajstić information content (AvgIpc) is 2.62. The molecule has 0 radical (unpaired) electrons. The molecule has 1 aliphatic rings. The molecule has 2 aromatic carbocycles. The van der Waals surface area contributed by atoms with Crippen molar-refractivity contribution in [2.75, 3.05) is 18.4 Å². The van der Waals surface area contributed by atoms with Gasteiger partial charge in [0, 0.05) is 23.4 Å². The van der Waals surface area contributed by atoms with E-state index >= 15 is 0 Å². The number of para-hydroxylation sites is 1. The van der Waals surface area contributed by atoms with Crippen LogP contribution in [0.25, 0.3) is 0 Å². The van der Waals surface area contributed by atoms with Crippen LogP contribution in [0.3, 0.4) is 0 Å². The molecule has 0 amide bonds. The normalized spacial score (nSPS) is 13.4. The summed E-state index contributed by atoms with van der Waals surface area (Å²) in [6, 6.07) is 18.7. The van der Waals surface area contributed by atoms with Gasteiger partial charge in [-0.05, 0) is 6.07 Å². The molecule has 1 N–H and O–H groups in total. The van der Waals surface area contributed by atoms with Gasteiger partial charge in [0.15, 0.2) is 0 Å².